The summed E-state index contributed by atoms with van der Waals surface area (Å²) in [5, 5.41) is 9.95. The Morgan fingerprint density at radius 3 is 2.57 bits per heavy atom. The lowest BCUT2D eigenvalue weighted by Crippen LogP contribution is -2.52. The lowest BCUT2D eigenvalue weighted by Gasteiger charge is -2.38. The molecule has 1 atom stereocenters. The number of carbonyl (C=O) groups is 1. The van der Waals surface area contributed by atoms with Gasteiger partial charge in [0, 0.05) is 6.54 Å². The highest BCUT2D eigenvalue weighted by Crippen LogP contribution is 2.33. The molecular formula is C17H25NO3. The third-order valence-electron chi connectivity index (χ3n) is 3.88. The van der Waals surface area contributed by atoms with Crippen LogP contribution in [0.25, 0.3) is 0 Å². The number of rotatable bonds is 3. The second-order valence-corrected chi connectivity index (χ2v) is 6.78. The Bertz CT molecular complexity index is 481. The summed E-state index contributed by atoms with van der Waals surface area (Å²) in [6, 6.07) is 9.99. The topological polar surface area (TPSA) is 49.8 Å². The van der Waals surface area contributed by atoms with E-state index in [0.717, 1.165) is 18.4 Å². The maximum atomic E-state index is 12.4. The van der Waals surface area contributed by atoms with Crippen molar-refractivity contribution in [3.05, 3.63) is 35.9 Å². The van der Waals surface area contributed by atoms with Crippen molar-refractivity contribution < 1.29 is 14.6 Å². The van der Waals surface area contributed by atoms with Gasteiger partial charge in [-0.05, 0) is 45.6 Å². The summed E-state index contributed by atoms with van der Waals surface area (Å²) in [5.74, 6) is 0. The van der Waals surface area contributed by atoms with Gasteiger partial charge in [0.2, 0.25) is 0 Å². The van der Waals surface area contributed by atoms with Crippen LogP contribution in [0.1, 0.15) is 39.2 Å². The van der Waals surface area contributed by atoms with Gasteiger partial charge in [-0.15, -0.1) is 0 Å². The number of hydrogen-bond acceptors (Lipinski definition) is 3. The van der Waals surface area contributed by atoms with Crippen molar-refractivity contribution in [2.24, 2.45) is 0 Å². The number of benzene rings is 1. The van der Waals surface area contributed by atoms with Crippen molar-refractivity contribution >= 4 is 6.09 Å². The summed E-state index contributed by atoms with van der Waals surface area (Å²) in [7, 11) is 0. The number of hydrogen-bond donors (Lipinski definition) is 1. The number of nitrogens with zero attached hydrogens (tertiary/aromatic N) is 1. The fraction of sp³-hybridized carbons (Fsp3) is 0.588. The Labute approximate surface area is 126 Å². The molecule has 0 radical (unpaired) electrons. The van der Waals surface area contributed by atoms with Gasteiger partial charge in [0.1, 0.15) is 5.60 Å². The highest BCUT2D eigenvalue weighted by Gasteiger charge is 2.44. The van der Waals surface area contributed by atoms with Gasteiger partial charge in [-0.3, -0.25) is 4.90 Å². The van der Waals surface area contributed by atoms with Crippen LogP contribution < -0.4 is 0 Å². The van der Waals surface area contributed by atoms with Gasteiger partial charge < -0.3 is 9.84 Å². The van der Waals surface area contributed by atoms with Crippen LogP contribution in [0.3, 0.4) is 0 Å². The lowest BCUT2D eigenvalue weighted by atomic mass is 9.89. The van der Waals surface area contributed by atoms with E-state index in [2.05, 4.69) is 0 Å². The molecule has 116 valence electrons. The molecule has 4 heteroatoms. The Balaban J connectivity index is 2.18. The van der Waals surface area contributed by atoms with E-state index >= 15 is 0 Å². The minimum Gasteiger partial charge on any atom is -0.444 e. The minimum absolute atomic E-state index is 0.0405. The standard InChI is InChI=1S/C17H25NO3/c1-16(2,3)21-15(20)18-11-7-10-17(18,13-19)12-14-8-5-4-6-9-14/h4-6,8-9,19H,7,10-13H2,1-3H3. The van der Waals surface area contributed by atoms with Crippen LogP contribution in [0, 0.1) is 0 Å². The van der Waals surface area contributed by atoms with Crippen LogP contribution in [-0.4, -0.2) is 40.4 Å². The SMILES string of the molecule is CC(C)(C)OC(=O)N1CCCC1(CO)Cc1ccccc1. The largest absolute Gasteiger partial charge is 0.444 e. The van der Waals surface area contributed by atoms with Gasteiger partial charge in [0.05, 0.1) is 12.1 Å². The number of aliphatic hydroxyl groups excluding tert-OH is 1. The zero-order valence-corrected chi connectivity index (χ0v) is 13.1. The summed E-state index contributed by atoms with van der Waals surface area (Å²) in [4.78, 5) is 14.1. The molecule has 1 fully saturated rings. The molecule has 21 heavy (non-hydrogen) atoms. The minimum atomic E-state index is -0.538. The number of ether oxygens (including phenoxy) is 1. The molecule has 0 spiro atoms. The molecular weight excluding hydrogens is 266 g/mol. The third kappa shape index (κ3) is 3.76. The first-order valence-electron chi connectivity index (χ1n) is 7.52. The molecule has 1 unspecified atom stereocenters. The van der Waals surface area contributed by atoms with Crippen molar-refractivity contribution in [2.45, 2.75) is 51.2 Å². The molecule has 1 heterocycles. The van der Waals surface area contributed by atoms with Gasteiger partial charge in [-0.2, -0.15) is 0 Å². The van der Waals surface area contributed by atoms with Gasteiger partial charge >= 0.3 is 6.09 Å². The van der Waals surface area contributed by atoms with Gasteiger partial charge in [0.15, 0.2) is 0 Å². The number of amides is 1. The highest BCUT2D eigenvalue weighted by molar-refractivity contribution is 5.70. The summed E-state index contributed by atoms with van der Waals surface area (Å²) >= 11 is 0. The summed E-state index contributed by atoms with van der Waals surface area (Å²) in [5.41, 5.74) is 0.0686. The van der Waals surface area contributed by atoms with Crippen LogP contribution in [0.2, 0.25) is 0 Å². The average Bonchev–Trinajstić information content (AvgIpc) is 2.82. The first-order chi connectivity index (χ1) is 9.86. The van der Waals surface area contributed by atoms with Crippen LogP contribution in [-0.2, 0) is 11.2 Å². The smallest absolute Gasteiger partial charge is 0.410 e. The van der Waals surface area contributed by atoms with Crippen molar-refractivity contribution in [3.63, 3.8) is 0 Å². The molecule has 1 saturated heterocycles. The third-order valence-corrected chi connectivity index (χ3v) is 3.88. The van der Waals surface area contributed by atoms with Crippen LogP contribution in [0.4, 0.5) is 4.79 Å². The summed E-state index contributed by atoms with van der Waals surface area (Å²) < 4.78 is 5.49. The number of carbonyl (C=O) groups excluding carboxylic acids is 1. The monoisotopic (exact) mass is 291 g/mol. The van der Waals surface area contributed by atoms with E-state index in [0.29, 0.717) is 13.0 Å². The second kappa shape index (κ2) is 6.06. The molecule has 2 rings (SSSR count). The predicted octanol–water partition coefficient (Wildman–Crippen LogP) is 2.99. The number of aliphatic hydroxyl groups is 1. The van der Waals surface area contributed by atoms with Gasteiger partial charge in [0.25, 0.3) is 0 Å². The molecule has 1 amide bonds. The second-order valence-electron chi connectivity index (χ2n) is 6.78. The quantitative estimate of drug-likeness (QED) is 0.931. The Hall–Kier alpha value is -1.55. The van der Waals surface area contributed by atoms with E-state index in [-0.39, 0.29) is 12.7 Å². The lowest BCUT2D eigenvalue weighted by molar-refractivity contribution is -0.00457. The molecule has 1 aromatic rings. The van der Waals surface area contributed by atoms with E-state index in [1.54, 1.807) is 4.90 Å². The Morgan fingerprint density at radius 1 is 1.33 bits per heavy atom. The van der Waals surface area contributed by atoms with Crippen LogP contribution >= 0.6 is 0 Å². The molecule has 1 aliphatic heterocycles. The Kier molecular flexibility index (Phi) is 4.57. The first-order valence-corrected chi connectivity index (χ1v) is 7.52. The summed E-state index contributed by atoms with van der Waals surface area (Å²) in [6.45, 7) is 6.18. The van der Waals surface area contributed by atoms with Gasteiger partial charge in [-0.1, -0.05) is 30.3 Å². The van der Waals surface area contributed by atoms with Gasteiger partial charge in [-0.25, -0.2) is 4.79 Å². The molecule has 0 bridgehead atoms. The molecule has 1 aromatic carbocycles. The number of likely N-dealkylation sites (tertiary alicyclic amines) is 1. The average molecular weight is 291 g/mol. The molecule has 0 aliphatic carbocycles. The summed E-state index contributed by atoms with van der Waals surface area (Å²) in [6.07, 6.45) is 2.03. The van der Waals surface area contributed by atoms with Crippen molar-refractivity contribution in [1.82, 2.24) is 4.90 Å². The fourth-order valence-corrected chi connectivity index (χ4v) is 2.92. The van der Waals surface area contributed by atoms with E-state index in [1.165, 1.54) is 0 Å². The highest BCUT2D eigenvalue weighted by atomic mass is 16.6. The van der Waals surface area contributed by atoms with Crippen LogP contribution in [0.15, 0.2) is 30.3 Å². The maximum absolute atomic E-state index is 12.4. The van der Waals surface area contributed by atoms with E-state index in [4.69, 9.17) is 4.74 Å². The van der Waals surface area contributed by atoms with E-state index in [1.807, 2.05) is 51.1 Å². The molecule has 1 aliphatic rings. The normalized spacial score (nSPS) is 22.4. The van der Waals surface area contributed by atoms with E-state index < -0.39 is 11.1 Å². The van der Waals surface area contributed by atoms with Crippen molar-refractivity contribution in [1.29, 1.82) is 0 Å². The zero-order chi connectivity index (χ0) is 15.5. The van der Waals surface area contributed by atoms with Crippen molar-refractivity contribution in [2.75, 3.05) is 13.2 Å². The molecule has 0 saturated carbocycles. The molecule has 4 nitrogen and oxygen atoms in total. The molecule has 0 aromatic heterocycles. The maximum Gasteiger partial charge on any atom is 0.410 e. The predicted molar refractivity (Wildman–Crippen MR) is 82.1 cm³/mol. The Morgan fingerprint density at radius 2 is 2.00 bits per heavy atom. The van der Waals surface area contributed by atoms with Crippen molar-refractivity contribution in [3.8, 4) is 0 Å². The first kappa shape index (κ1) is 15.8. The van der Waals surface area contributed by atoms with Crippen LogP contribution in [0.5, 0.6) is 0 Å². The van der Waals surface area contributed by atoms with E-state index in [9.17, 15) is 9.90 Å². The zero-order valence-electron chi connectivity index (χ0n) is 13.1. The molecule has 1 N–H and O–H groups in total. The fourth-order valence-electron chi connectivity index (χ4n) is 2.92.